The van der Waals surface area contributed by atoms with Gasteiger partial charge in [-0.25, -0.2) is 22.8 Å². The number of phenols is 2. The second-order valence-electron chi connectivity index (χ2n) is 22.5. The molecule has 0 bridgehead atoms. The van der Waals surface area contributed by atoms with Gasteiger partial charge in [0.05, 0.1) is 61.0 Å². The summed E-state index contributed by atoms with van der Waals surface area (Å²) in [6, 6.07) is 33.2. The lowest BCUT2D eigenvalue weighted by atomic mass is 10.1. The van der Waals surface area contributed by atoms with Crippen LogP contribution in [-0.4, -0.2) is 94.0 Å². The molecule has 37 heteroatoms. The first-order chi connectivity index (χ1) is 52.8. The summed E-state index contributed by atoms with van der Waals surface area (Å²) in [5, 5.41) is 40.9. The number of phenolic OH excluding ortho intramolecular Hbond substituents is 2. The SMILES string of the molecule is CNC(=O)c1cc(Nc2ccc(Oc3ccnc(C(=O)NC)c3)cc2F)ccn1.CNC(=O)c1cc(Oc2ccc(N(C(=O)Nc3ccc(Cl)c(C(F)(F)F)c3)c3cc(O)ccc3NC(=O)Nc3ccc(C(F)(F)F)c(Cl)c3)c(F)c2)ccn1.CNC(=O)c1cc(Oc2ccc(Nc3cc(O)ccc3N)c(F)c2)ccn1. The zero-order chi connectivity index (χ0) is 80.4. The average molecular weight is 1580 g/mol. The van der Waals surface area contributed by atoms with Crippen LogP contribution in [0.2, 0.25) is 10.0 Å². The van der Waals surface area contributed by atoms with Crippen molar-refractivity contribution in [1.29, 1.82) is 0 Å². The molecule has 0 saturated carbocycles. The fraction of sp³-hybridized carbons (Fsp3) is 0.0811. The third-order valence-corrected chi connectivity index (χ3v) is 15.5. The first-order valence-electron chi connectivity index (χ1n) is 31.8. The molecule has 4 heterocycles. The van der Waals surface area contributed by atoms with E-state index in [-0.39, 0.29) is 92.0 Å². The number of pyridine rings is 4. The number of halogens is 11. The lowest BCUT2D eigenvalue weighted by Crippen LogP contribution is -2.33. The van der Waals surface area contributed by atoms with Crippen molar-refractivity contribution in [2.24, 2.45) is 0 Å². The number of amides is 8. The van der Waals surface area contributed by atoms with Crippen molar-refractivity contribution in [3.63, 3.8) is 0 Å². The highest BCUT2D eigenvalue weighted by Crippen LogP contribution is 2.42. The Bertz CT molecular complexity index is 5320. The zero-order valence-electron chi connectivity index (χ0n) is 57.6. The molecule has 7 aromatic carbocycles. The van der Waals surface area contributed by atoms with Crippen LogP contribution in [0.25, 0.3) is 0 Å². The lowest BCUT2D eigenvalue weighted by Gasteiger charge is -2.27. The van der Waals surface area contributed by atoms with Crippen molar-refractivity contribution in [2.75, 3.05) is 65.4 Å². The first-order valence-corrected chi connectivity index (χ1v) is 32.6. The Morgan fingerprint density at radius 3 is 1.32 bits per heavy atom. The van der Waals surface area contributed by atoms with E-state index in [1.807, 2.05) is 0 Å². The molecule has 0 atom stereocenters. The van der Waals surface area contributed by atoms with Gasteiger partial charge in [-0.05, 0) is 127 Å². The summed E-state index contributed by atoms with van der Waals surface area (Å²) < 4.78 is 142. The maximum Gasteiger partial charge on any atom is 0.417 e. The zero-order valence-corrected chi connectivity index (χ0v) is 59.1. The molecular weight excluding hydrogens is 1520 g/mol. The predicted molar refractivity (Wildman–Crippen MR) is 394 cm³/mol. The van der Waals surface area contributed by atoms with E-state index in [0.717, 1.165) is 54.6 Å². The molecule has 0 unspecified atom stereocenters. The Hall–Kier alpha value is -14.1. The number of carbonyl (C=O) groups is 6. The number of hydrogen-bond donors (Lipinski definition) is 12. The molecule has 0 spiro atoms. The summed E-state index contributed by atoms with van der Waals surface area (Å²) in [7, 11) is 5.88. The highest BCUT2D eigenvalue weighted by atomic mass is 35.5. The van der Waals surface area contributed by atoms with Gasteiger partial charge in [-0.1, -0.05) is 23.2 Å². The predicted octanol–water partition coefficient (Wildman–Crippen LogP) is 16.7. The number of nitrogens with zero attached hydrogens (tertiary/aromatic N) is 5. The number of nitrogen functional groups attached to an aromatic ring is 1. The standard InChI is InChI=1S/C35H23Cl2F7N6O5.C20H18FN5O3.C19H17FN4O3/c1-45-31(52)28-16-21(10-11-46-28)55-20-5-9-29(26(38)15-20)50(33(54)48-17-3-7-24(36)23(12-17)35(42,43)44)30-14-19(51)4-8-27(30)49-32(53)47-18-2-6-22(25(37)13-18)34(39,40)41;1-22-19(27)17-9-12(5-7-24-17)26-16-4-3-13(10-15(16)21)29-14-6-8-25-18(11-14)20(28)23-2;1-22-19(26)18-10-13(6-7-23-18)27-12-3-5-16(14(20)9-12)24-17-8-11(25)2-4-15(17)21/h2-16,51H,1H3,(H,45,52)(H,48,54)(H2,47,49,53);3-11H,1-2H3,(H,22,27)(H,23,28)(H,24,26);2-10,24-25H,21H2,1H3,(H,22,26). The number of benzene rings is 7. The van der Waals surface area contributed by atoms with Crippen LogP contribution in [0.15, 0.2) is 201 Å². The highest BCUT2D eigenvalue weighted by molar-refractivity contribution is 6.32. The van der Waals surface area contributed by atoms with Crippen molar-refractivity contribution in [1.82, 2.24) is 41.2 Å². The molecule has 0 aliphatic heterocycles. The molecule has 0 aliphatic rings. The van der Waals surface area contributed by atoms with Crippen LogP contribution in [0.1, 0.15) is 53.1 Å². The number of rotatable bonds is 19. The number of aromatic hydroxyl groups is 2. The van der Waals surface area contributed by atoms with E-state index in [0.29, 0.717) is 45.6 Å². The monoisotopic (exact) mass is 1570 g/mol. The number of ether oxygens (including phenoxy) is 3. The number of anilines is 10. The molecule has 11 rings (SSSR count). The van der Waals surface area contributed by atoms with Crippen molar-refractivity contribution in [3.05, 3.63) is 262 Å². The third kappa shape index (κ3) is 21.8. The Balaban J connectivity index is 0.000000211. The van der Waals surface area contributed by atoms with Gasteiger partial charge in [0, 0.05) is 119 Å². The number of carbonyl (C=O) groups excluding carboxylic acids is 6. The van der Waals surface area contributed by atoms with Crippen molar-refractivity contribution < 1.29 is 92.7 Å². The van der Waals surface area contributed by atoms with Crippen LogP contribution in [-0.2, 0) is 12.4 Å². The van der Waals surface area contributed by atoms with Gasteiger partial charge in [0.1, 0.15) is 80.4 Å². The van der Waals surface area contributed by atoms with Crippen LogP contribution in [0.3, 0.4) is 0 Å². The molecule has 0 saturated heterocycles. The highest BCUT2D eigenvalue weighted by Gasteiger charge is 2.35. The van der Waals surface area contributed by atoms with Crippen molar-refractivity contribution in [2.45, 2.75) is 12.4 Å². The number of hydrogen-bond acceptors (Lipinski definition) is 18. The van der Waals surface area contributed by atoms with E-state index in [9.17, 15) is 74.1 Å². The number of alkyl halides is 6. The van der Waals surface area contributed by atoms with E-state index >= 15 is 4.39 Å². The lowest BCUT2D eigenvalue weighted by molar-refractivity contribution is -0.138. The molecule has 0 aliphatic carbocycles. The Morgan fingerprint density at radius 2 is 0.829 bits per heavy atom. The molecule has 4 aromatic heterocycles. The fourth-order valence-corrected chi connectivity index (χ4v) is 10.1. The van der Waals surface area contributed by atoms with Gasteiger partial charge in [0.25, 0.3) is 23.6 Å². The smallest absolute Gasteiger partial charge is 0.417 e. The van der Waals surface area contributed by atoms with E-state index in [2.05, 4.69) is 67.8 Å². The molecule has 11 aromatic rings. The van der Waals surface area contributed by atoms with E-state index in [1.54, 1.807) is 30.3 Å². The summed E-state index contributed by atoms with van der Waals surface area (Å²) in [5.41, 5.74) is 3.56. The average Bonchev–Trinajstić information content (AvgIpc) is 0.782. The minimum Gasteiger partial charge on any atom is -0.508 e. The van der Waals surface area contributed by atoms with Gasteiger partial charge in [-0.15, -0.1) is 0 Å². The topological polar surface area (TPSA) is 360 Å². The minimum absolute atomic E-state index is 0.0108. The summed E-state index contributed by atoms with van der Waals surface area (Å²) in [6.07, 6.45) is -4.14. The van der Waals surface area contributed by atoms with Crippen LogP contribution in [0.5, 0.6) is 46.0 Å². The molecule has 13 N–H and O–H groups in total. The van der Waals surface area contributed by atoms with Crippen LogP contribution >= 0.6 is 23.2 Å². The number of aromatic nitrogens is 4. The van der Waals surface area contributed by atoms with E-state index < -0.39 is 91.8 Å². The first kappa shape index (κ1) is 81.0. The Kier molecular flexibility index (Phi) is 26.3. The van der Waals surface area contributed by atoms with Crippen LogP contribution in [0, 0.1) is 17.5 Å². The maximum atomic E-state index is 16.1. The molecule has 8 amide bonds. The second kappa shape index (κ2) is 36.0. The van der Waals surface area contributed by atoms with Gasteiger partial charge < -0.3 is 78.0 Å². The number of urea groups is 2. The molecular formula is C74H58Cl2F9N15O11. The molecule has 111 heavy (non-hydrogen) atoms. The normalized spacial score (nSPS) is 10.8. The maximum absolute atomic E-state index is 16.1. The van der Waals surface area contributed by atoms with Gasteiger partial charge in [0.15, 0.2) is 5.82 Å². The summed E-state index contributed by atoms with van der Waals surface area (Å²) in [5.74, 6) is -3.27. The van der Waals surface area contributed by atoms with Crippen LogP contribution in [0.4, 0.5) is 106 Å². The minimum atomic E-state index is -4.93. The molecule has 26 nitrogen and oxygen atoms in total. The van der Waals surface area contributed by atoms with Gasteiger partial charge in [-0.2, -0.15) is 26.3 Å². The van der Waals surface area contributed by atoms with Crippen molar-refractivity contribution in [3.8, 4) is 46.0 Å². The summed E-state index contributed by atoms with van der Waals surface area (Å²) in [4.78, 5) is 90.2. The fourth-order valence-electron chi connectivity index (χ4n) is 9.62. The molecule has 572 valence electrons. The number of nitrogens with two attached hydrogens (primary N) is 1. The van der Waals surface area contributed by atoms with E-state index in [1.165, 1.54) is 132 Å². The van der Waals surface area contributed by atoms with Gasteiger partial charge in [-0.3, -0.25) is 44.0 Å². The van der Waals surface area contributed by atoms with Gasteiger partial charge >= 0.3 is 24.4 Å². The van der Waals surface area contributed by atoms with Gasteiger partial charge in [0.2, 0.25) is 0 Å². The third-order valence-electron chi connectivity index (χ3n) is 14.9. The summed E-state index contributed by atoms with van der Waals surface area (Å²) >= 11 is 11.5. The second-order valence-corrected chi connectivity index (χ2v) is 23.3. The quantitative estimate of drug-likeness (QED) is 0.0203. The molecule has 0 fully saturated rings. The Labute approximate surface area is 632 Å². The molecule has 0 radical (unpaired) electrons. The summed E-state index contributed by atoms with van der Waals surface area (Å²) in [6.45, 7) is 0. The van der Waals surface area contributed by atoms with Crippen LogP contribution < -0.4 is 72.7 Å². The largest absolute Gasteiger partial charge is 0.508 e. The Morgan fingerprint density at radius 1 is 0.396 bits per heavy atom. The van der Waals surface area contributed by atoms with E-state index in [4.69, 9.17) is 43.1 Å². The van der Waals surface area contributed by atoms with Crippen molar-refractivity contribution >= 4 is 116 Å². The number of nitrogens with one attached hydrogen (secondary N) is 9.